The van der Waals surface area contributed by atoms with Crippen molar-refractivity contribution in [3.63, 3.8) is 0 Å². The van der Waals surface area contributed by atoms with E-state index in [2.05, 4.69) is 17.1 Å². The third kappa shape index (κ3) is 2.75. The Morgan fingerprint density at radius 3 is 2.76 bits per heavy atom. The molecule has 1 aromatic rings. The Morgan fingerprint density at radius 1 is 1.41 bits per heavy atom. The highest BCUT2D eigenvalue weighted by atomic mass is 19.1. The van der Waals surface area contributed by atoms with Crippen LogP contribution in [0.3, 0.4) is 0 Å². The first-order chi connectivity index (χ1) is 8.20. The zero-order valence-corrected chi connectivity index (χ0v) is 9.95. The molecule has 0 saturated carbocycles. The van der Waals surface area contributed by atoms with Crippen LogP contribution in [0.4, 0.5) is 15.8 Å². The number of nitrogens with one attached hydrogen (secondary N) is 1. The summed E-state index contributed by atoms with van der Waals surface area (Å²) in [6, 6.07) is 4.53. The van der Waals surface area contributed by atoms with Crippen LogP contribution in [-0.2, 0) is 4.79 Å². The summed E-state index contributed by atoms with van der Waals surface area (Å²) in [5.41, 5.74) is 1.46. The number of anilines is 2. The van der Waals surface area contributed by atoms with Gasteiger partial charge in [-0.1, -0.05) is 6.92 Å². The molecule has 1 saturated heterocycles. The van der Waals surface area contributed by atoms with Crippen LogP contribution in [0, 0.1) is 11.7 Å². The van der Waals surface area contributed by atoms with Gasteiger partial charge in [-0.2, -0.15) is 0 Å². The van der Waals surface area contributed by atoms with E-state index in [0.29, 0.717) is 12.1 Å². The predicted molar refractivity (Wildman–Crippen MR) is 66.7 cm³/mol. The second kappa shape index (κ2) is 5.17. The standard InChI is InChI=1S/C13H17FN2O/c1-10-4-6-16(7-5-10)13-3-2-11(14)8-12(13)15-9-17/h2-3,8-10H,4-7H2,1H3,(H,15,17). The van der Waals surface area contributed by atoms with Crippen LogP contribution < -0.4 is 10.2 Å². The smallest absolute Gasteiger partial charge is 0.211 e. The van der Waals surface area contributed by atoms with Gasteiger partial charge in [0.2, 0.25) is 6.41 Å². The normalized spacial score (nSPS) is 16.9. The molecule has 1 fully saturated rings. The van der Waals surface area contributed by atoms with E-state index in [1.807, 2.05) is 0 Å². The van der Waals surface area contributed by atoms with Gasteiger partial charge in [-0.05, 0) is 37.0 Å². The average molecular weight is 236 g/mol. The predicted octanol–water partition coefficient (Wildman–Crippen LogP) is 2.63. The molecule has 1 heterocycles. The molecular formula is C13H17FN2O. The van der Waals surface area contributed by atoms with Crippen molar-refractivity contribution in [2.24, 2.45) is 5.92 Å². The molecule has 4 heteroatoms. The maximum atomic E-state index is 13.1. The zero-order chi connectivity index (χ0) is 12.3. The molecule has 1 aliphatic heterocycles. The fourth-order valence-corrected chi connectivity index (χ4v) is 2.21. The van der Waals surface area contributed by atoms with Gasteiger partial charge in [-0.15, -0.1) is 0 Å². The number of halogens is 1. The van der Waals surface area contributed by atoms with Crippen molar-refractivity contribution in [1.82, 2.24) is 0 Å². The molecule has 0 aliphatic carbocycles. The van der Waals surface area contributed by atoms with E-state index in [1.165, 1.54) is 12.1 Å². The van der Waals surface area contributed by atoms with E-state index in [4.69, 9.17) is 0 Å². The highest BCUT2D eigenvalue weighted by Gasteiger charge is 2.18. The van der Waals surface area contributed by atoms with Gasteiger partial charge in [0.05, 0.1) is 11.4 Å². The van der Waals surface area contributed by atoms with Crippen molar-refractivity contribution in [1.29, 1.82) is 0 Å². The molecule has 0 unspecified atom stereocenters. The fourth-order valence-electron chi connectivity index (χ4n) is 2.21. The minimum absolute atomic E-state index is 0.330. The molecule has 0 radical (unpaired) electrons. The van der Waals surface area contributed by atoms with Crippen LogP contribution >= 0.6 is 0 Å². The van der Waals surface area contributed by atoms with Gasteiger partial charge in [0.15, 0.2) is 0 Å². The van der Waals surface area contributed by atoms with Crippen LogP contribution in [0.25, 0.3) is 0 Å². The maximum Gasteiger partial charge on any atom is 0.211 e. The minimum Gasteiger partial charge on any atom is -0.370 e. The van der Waals surface area contributed by atoms with Crippen molar-refractivity contribution in [3.8, 4) is 0 Å². The molecule has 92 valence electrons. The van der Waals surface area contributed by atoms with Crippen LogP contribution in [0.5, 0.6) is 0 Å². The number of carbonyl (C=O) groups is 1. The molecule has 1 N–H and O–H groups in total. The second-order valence-corrected chi connectivity index (χ2v) is 4.59. The van der Waals surface area contributed by atoms with Crippen LogP contribution in [-0.4, -0.2) is 19.5 Å². The van der Waals surface area contributed by atoms with Crippen molar-refractivity contribution in [2.45, 2.75) is 19.8 Å². The number of hydrogen-bond acceptors (Lipinski definition) is 2. The molecule has 0 spiro atoms. The van der Waals surface area contributed by atoms with Gasteiger partial charge in [0.1, 0.15) is 5.82 Å². The Labute approximate surface area is 101 Å². The van der Waals surface area contributed by atoms with Crippen LogP contribution in [0.2, 0.25) is 0 Å². The summed E-state index contributed by atoms with van der Waals surface area (Å²) in [6.45, 7) is 4.16. The Hall–Kier alpha value is -1.58. The third-order valence-corrected chi connectivity index (χ3v) is 3.30. The van der Waals surface area contributed by atoms with E-state index >= 15 is 0 Å². The lowest BCUT2D eigenvalue weighted by molar-refractivity contribution is -0.105. The van der Waals surface area contributed by atoms with E-state index in [9.17, 15) is 9.18 Å². The number of hydrogen-bond donors (Lipinski definition) is 1. The highest BCUT2D eigenvalue weighted by Crippen LogP contribution is 2.30. The Balaban J connectivity index is 2.21. The van der Waals surface area contributed by atoms with Gasteiger partial charge in [0.25, 0.3) is 0 Å². The van der Waals surface area contributed by atoms with Gasteiger partial charge < -0.3 is 10.2 Å². The molecule has 1 aromatic carbocycles. The van der Waals surface area contributed by atoms with Crippen molar-refractivity contribution in [3.05, 3.63) is 24.0 Å². The number of amides is 1. The fraction of sp³-hybridized carbons (Fsp3) is 0.462. The zero-order valence-electron chi connectivity index (χ0n) is 9.95. The van der Waals surface area contributed by atoms with E-state index < -0.39 is 0 Å². The topological polar surface area (TPSA) is 32.3 Å². The first-order valence-corrected chi connectivity index (χ1v) is 5.95. The Kier molecular flexibility index (Phi) is 3.61. The molecule has 0 atom stereocenters. The Bertz CT molecular complexity index is 400. The molecule has 17 heavy (non-hydrogen) atoms. The van der Waals surface area contributed by atoms with Crippen molar-refractivity contribution < 1.29 is 9.18 Å². The molecule has 0 bridgehead atoms. The van der Waals surface area contributed by atoms with Crippen molar-refractivity contribution in [2.75, 3.05) is 23.3 Å². The van der Waals surface area contributed by atoms with E-state index in [-0.39, 0.29) is 5.82 Å². The van der Waals surface area contributed by atoms with Gasteiger partial charge in [0, 0.05) is 13.1 Å². The molecule has 0 aromatic heterocycles. The molecule has 3 nitrogen and oxygen atoms in total. The number of rotatable bonds is 3. The molecule has 2 rings (SSSR count). The van der Waals surface area contributed by atoms with Crippen molar-refractivity contribution >= 4 is 17.8 Å². The highest BCUT2D eigenvalue weighted by molar-refractivity contribution is 5.81. The summed E-state index contributed by atoms with van der Waals surface area (Å²) in [7, 11) is 0. The summed E-state index contributed by atoms with van der Waals surface area (Å²) in [4.78, 5) is 12.7. The number of carbonyl (C=O) groups excluding carboxylic acids is 1. The number of nitrogens with zero attached hydrogens (tertiary/aromatic N) is 1. The number of benzene rings is 1. The molecule has 1 aliphatic rings. The first-order valence-electron chi connectivity index (χ1n) is 5.95. The lowest BCUT2D eigenvalue weighted by Gasteiger charge is -2.33. The van der Waals surface area contributed by atoms with Gasteiger partial charge in [-0.25, -0.2) is 4.39 Å². The summed E-state index contributed by atoms with van der Waals surface area (Å²) in [6.07, 6.45) is 2.86. The summed E-state index contributed by atoms with van der Waals surface area (Å²) < 4.78 is 13.1. The lowest BCUT2D eigenvalue weighted by Crippen LogP contribution is -2.33. The maximum absolute atomic E-state index is 13.1. The van der Waals surface area contributed by atoms with Gasteiger partial charge >= 0.3 is 0 Å². The Morgan fingerprint density at radius 2 is 2.12 bits per heavy atom. The quantitative estimate of drug-likeness (QED) is 0.818. The summed E-state index contributed by atoms with van der Waals surface area (Å²) in [5.74, 6) is 0.414. The molecule has 1 amide bonds. The third-order valence-electron chi connectivity index (χ3n) is 3.30. The number of piperidine rings is 1. The van der Waals surface area contributed by atoms with Crippen LogP contribution in [0.15, 0.2) is 18.2 Å². The lowest BCUT2D eigenvalue weighted by atomic mass is 9.98. The second-order valence-electron chi connectivity index (χ2n) is 4.59. The first kappa shape index (κ1) is 11.9. The summed E-state index contributed by atoms with van der Waals surface area (Å²) in [5, 5.41) is 2.56. The van der Waals surface area contributed by atoms with E-state index in [0.717, 1.165) is 37.5 Å². The monoisotopic (exact) mass is 236 g/mol. The minimum atomic E-state index is -0.330. The van der Waals surface area contributed by atoms with E-state index in [1.54, 1.807) is 6.07 Å². The van der Waals surface area contributed by atoms with Gasteiger partial charge in [-0.3, -0.25) is 4.79 Å². The summed E-state index contributed by atoms with van der Waals surface area (Å²) >= 11 is 0. The SMILES string of the molecule is CC1CCN(c2ccc(F)cc2NC=O)CC1. The molecular weight excluding hydrogens is 219 g/mol. The largest absolute Gasteiger partial charge is 0.370 e. The average Bonchev–Trinajstić information content (AvgIpc) is 2.31. The van der Waals surface area contributed by atoms with Crippen LogP contribution in [0.1, 0.15) is 19.8 Å².